The number of amides is 1. The number of halogens is 4. The predicted molar refractivity (Wildman–Crippen MR) is 119 cm³/mol. The highest BCUT2D eigenvalue weighted by molar-refractivity contribution is 14.2. The van der Waals surface area contributed by atoms with Gasteiger partial charge in [0.15, 0.2) is 0 Å². The Balaban J connectivity index is 1.55. The molecule has 4 aromatic rings. The molecular formula is C19H14F3IN5O2P. The van der Waals surface area contributed by atoms with Gasteiger partial charge in [-0.2, -0.15) is 10.2 Å². The average Bonchev–Trinajstić information content (AvgIpc) is 3.37. The molecule has 31 heavy (non-hydrogen) atoms. The van der Waals surface area contributed by atoms with Gasteiger partial charge in [0.1, 0.15) is 5.75 Å². The van der Waals surface area contributed by atoms with Gasteiger partial charge in [-0.25, -0.2) is 4.45 Å². The van der Waals surface area contributed by atoms with E-state index in [1.54, 1.807) is 10.6 Å². The Morgan fingerprint density at radius 3 is 2.81 bits per heavy atom. The lowest BCUT2D eigenvalue weighted by molar-refractivity contribution is -0.274. The summed E-state index contributed by atoms with van der Waals surface area (Å²) in [6, 6.07) is 12.8. The minimum Gasteiger partial charge on any atom is -0.405 e. The third-order valence-electron chi connectivity index (χ3n) is 4.38. The van der Waals surface area contributed by atoms with Crippen LogP contribution in [0.2, 0.25) is 0 Å². The van der Waals surface area contributed by atoms with E-state index >= 15 is 0 Å². The second-order valence-electron chi connectivity index (χ2n) is 6.38. The molecule has 0 aliphatic heterocycles. The monoisotopic (exact) mass is 559 g/mol. The first kappa shape index (κ1) is 21.6. The zero-order valence-electron chi connectivity index (χ0n) is 15.6. The largest absolute Gasteiger partial charge is 0.573 e. The summed E-state index contributed by atoms with van der Waals surface area (Å²) in [7, 11) is 0. The van der Waals surface area contributed by atoms with Crippen LogP contribution < -0.4 is 10.1 Å². The molecule has 1 atom stereocenters. The number of nitrogens with zero attached hydrogens (tertiary/aromatic N) is 3. The summed E-state index contributed by atoms with van der Waals surface area (Å²) in [5.41, 5.74) is 2.98. The normalized spacial score (nSPS) is 12.0. The molecule has 0 spiro atoms. The lowest BCUT2D eigenvalue weighted by Gasteiger charge is -2.12. The quantitative estimate of drug-likeness (QED) is 0.256. The Morgan fingerprint density at radius 1 is 1.23 bits per heavy atom. The first-order chi connectivity index (χ1) is 14.9. The molecule has 160 valence electrons. The van der Waals surface area contributed by atoms with Gasteiger partial charge in [-0.15, -0.1) is 13.2 Å². The summed E-state index contributed by atoms with van der Waals surface area (Å²) in [4.78, 5) is 12.5. The first-order valence-electron chi connectivity index (χ1n) is 8.87. The second-order valence-corrected chi connectivity index (χ2v) is 8.42. The van der Waals surface area contributed by atoms with E-state index in [0.29, 0.717) is 12.1 Å². The maximum absolute atomic E-state index is 12.6. The van der Waals surface area contributed by atoms with Gasteiger partial charge in [-0.05, 0) is 40.2 Å². The first-order valence-corrected chi connectivity index (χ1v) is 12.9. The summed E-state index contributed by atoms with van der Waals surface area (Å²) < 4.78 is 43.5. The van der Waals surface area contributed by atoms with Crippen molar-refractivity contribution >= 4 is 45.2 Å². The number of nitrogens with one attached hydrogen (secondary N) is 2. The number of alkyl halides is 3. The highest BCUT2D eigenvalue weighted by Crippen LogP contribution is 2.34. The summed E-state index contributed by atoms with van der Waals surface area (Å²) in [5.74, 6) is -1.25. The standard InChI is InChI=1S/C19H14F3IN5O2P/c20-19(21,22)30-16-7-2-1-5-14(16)18(29)24-10-12-8-15(28(27-12)31-23)13-6-3-4-11-9-25-26-17(11)13/h1-9,31H,10H2,(H,24,29)(H,25,26). The fourth-order valence-electron chi connectivity index (χ4n) is 3.09. The van der Waals surface area contributed by atoms with Crippen LogP contribution in [0.5, 0.6) is 5.75 Å². The molecule has 0 aliphatic carbocycles. The van der Waals surface area contributed by atoms with E-state index in [9.17, 15) is 18.0 Å². The number of hydrogen-bond acceptors (Lipinski definition) is 4. The third-order valence-corrected chi connectivity index (χ3v) is 6.25. The number of rotatable bonds is 6. The summed E-state index contributed by atoms with van der Waals surface area (Å²) >= 11 is 2.20. The van der Waals surface area contributed by atoms with Crippen LogP contribution in [0, 0.1) is 0 Å². The van der Waals surface area contributed by atoms with Gasteiger partial charge in [0.2, 0.25) is 0 Å². The highest BCUT2D eigenvalue weighted by atomic mass is 127. The lowest BCUT2D eigenvalue weighted by Crippen LogP contribution is -2.25. The van der Waals surface area contributed by atoms with Crippen LogP contribution in [0.25, 0.3) is 22.2 Å². The van der Waals surface area contributed by atoms with Gasteiger partial charge in [-0.3, -0.25) is 9.89 Å². The number of aromatic nitrogens is 4. The van der Waals surface area contributed by atoms with E-state index < -0.39 is 18.0 Å². The Kier molecular flexibility index (Phi) is 6.15. The third kappa shape index (κ3) is 4.82. The van der Waals surface area contributed by atoms with E-state index in [1.807, 2.05) is 24.3 Å². The average molecular weight is 559 g/mol. The van der Waals surface area contributed by atoms with Gasteiger partial charge in [0, 0.05) is 10.9 Å². The van der Waals surface area contributed by atoms with Gasteiger partial charge in [-0.1, -0.05) is 30.3 Å². The molecule has 12 heteroatoms. The molecule has 4 rings (SSSR count). The van der Waals surface area contributed by atoms with Crippen LogP contribution in [0.4, 0.5) is 13.2 Å². The van der Waals surface area contributed by atoms with E-state index in [0.717, 1.165) is 28.2 Å². The molecule has 0 aliphatic rings. The number of fused-ring (bicyclic) bond motifs is 1. The van der Waals surface area contributed by atoms with Gasteiger partial charge in [0.05, 0.1) is 41.6 Å². The van der Waals surface area contributed by atoms with Crippen molar-refractivity contribution in [3.8, 4) is 17.0 Å². The van der Waals surface area contributed by atoms with E-state index in [4.69, 9.17) is 0 Å². The van der Waals surface area contributed by atoms with Crippen molar-refractivity contribution in [2.24, 2.45) is 0 Å². The zero-order valence-corrected chi connectivity index (χ0v) is 18.7. The molecule has 2 aromatic carbocycles. The van der Waals surface area contributed by atoms with Crippen molar-refractivity contribution in [2.75, 3.05) is 0 Å². The van der Waals surface area contributed by atoms with Crippen molar-refractivity contribution in [3.63, 3.8) is 0 Å². The van der Waals surface area contributed by atoms with Crippen LogP contribution in [-0.2, 0) is 6.54 Å². The maximum Gasteiger partial charge on any atom is 0.573 e. The zero-order chi connectivity index (χ0) is 22.0. The number of carbonyl (C=O) groups excluding carboxylic acids is 1. The Labute approximate surface area is 188 Å². The number of benzene rings is 2. The molecule has 2 aromatic heterocycles. The molecule has 0 bridgehead atoms. The molecule has 0 fully saturated rings. The van der Waals surface area contributed by atoms with Crippen molar-refractivity contribution < 1.29 is 22.7 Å². The van der Waals surface area contributed by atoms with Crippen molar-refractivity contribution in [3.05, 3.63) is 66.0 Å². The van der Waals surface area contributed by atoms with Gasteiger partial charge >= 0.3 is 6.36 Å². The second kappa shape index (κ2) is 8.83. The van der Waals surface area contributed by atoms with Crippen LogP contribution >= 0.6 is 28.4 Å². The topological polar surface area (TPSA) is 84.8 Å². The van der Waals surface area contributed by atoms with Crippen molar-refractivity contribution in [2.45, 2.75) is 12.9 Å². The molecule has 0 saturated heterocycles. The fourth-order valence-corrected chi connectivity index (χ4v) is 4.63. The van der Waals surface area contributed by atoms with Crippen LogP contribution in [0.3, 0.4) is 0 Å². The molecular weight excluding hydrogens is 545 g/mol. The van der Waals surface area contributed by atoms with E-state index in [-0.39, 0.29) is 12.1 Å². The smallest absolute Gasteiger partial charge is 0.405 e. The van der Waals surface area contributed by atoms with Crippen LogP contribution in [0.1, 0.15) is 16.1 Å². The Bertz CT molecular complexity index is 1240. The number of para-hydroxylation sites is 2. The fraction of sp³-hybridized carbons (Fsp3) is 0.105. The van der Waals surface area contributed by atoms with E-state index in [1.165, 1.54) is 18.2 Å². The van der Waals surface area contributed by atoms with Crippen LogP contribution in [0.15, 0.2) is 54.7 Å². The highest BCUT2D eigenvalue weighted by Gasteiger charge is 2.32. The minimum atomic E-state index is -4.89. The SMILES string of the molecule is O=C(NCc1cc(-c2cccc3cn[nH]c23)n(PI)n1)c1ccccc1OC(F)(F)F. The molecule has 2 heterocycles. The van der Waals surface area contributed by atoms with Gasteiger partial charge < -0.3 is 10.1 Å². The van der Waals surface area contributed by atoms with Crippen LogP contribution in [-0.4, -0.2) is 32.0 Å². The van der Waals surface area contributed by atoms with Crippen molar-refractivity contribution in [1.82, 2.24) is 25.1 Å². The predicted octanol–water partition coefficient (Wildman–Crippen LogP) is 5.05. The van der Waals surface area contributed by atoms with Crippen molar-refractivity contribution in [1.29, 1.82) is 0 Å². The molecule has 2 N–H and O–H groups in total. The summed E-state index contributed by atoms with van der Waals surface area (Å²) in [5, 5.41) is 15.1. The molecule has 1 amide bonds. The lowest BCUT2D eigenvalue weighted by atomic mass is 10.1. The number of ether oxygens (including phenoxy) is 1. The molecule has 0 radical (unpaired) electrons. The molecule has 7 nitrogen and oxygen atoms in total. The number of H-pyrrole nitrogens is 1. The molecule has 0 saturated carbocycles. The Hall–Kier alpha value is -2.66. The molecule has 1 unspecified atom stereocenters. The summed E-state index contributed by atoms with van der Waals surface area (Å²) in [6.45, 7) is 0.0409. The number of carbonyl (C=O) groups is 1. The minimum absolute atomic E-state index is 0.0409. The maximum atomic E-state index is 12.6. The number of aromatic amines is 1. The van der Waals surface area contributed by atoms with E-state index in [2.05, 4.69) is 47.4 Å². The van der Waals surface area contributed by atoms with Gasteiger partial charge in [0.25, 0.3) is 5.91 Å². The summed E-state index contributed by atoms with van der Waals surface area (Å²) in [6.07, 6.45) is -2.86. The number of hydrogen-bond donors (Lipinski definition) is 2. The Morgan fingerprint density at radius 2 is 2.03 bits per heavy atom.